The fourth-order valence-corrected chi connectivity index (χ4v) is 8.12. The highest BCUT2D eigenvalue weighted by Gasteiger charge is 2.27. The van der Waals surface area contributed by atoms with Gasteiger partial charge in [-0.15, -0.1) is 0 Å². The SMILES string of the molecule is CC/C=C\C/C=C\C/C=C\C/C=C\C/C=C\C/C=C\C/C=C\CCCCCCCCCCCC(=O)OC(COC(=O)CCCCCCCCC/C=C\C/C=C\CCCCC)COP(=O)(O)OCC[N+](C)(C)C. The molecule has 10 heteroatoms. The second-order valence-electron chi connectivity index (χ2n) is 19.9. The Morgan fingerprint density at radius 1 is 0.444 bits per heavy atom. The minimum absolute atomic E-state index is 0.0237. The van der Waals surface area contributed by atoms with Crippen LogP contribution in [0, 0.1) is 0 Å². The molecule has 0 radical (unpaired) electrons. The van der Waals surface area contributed by atoms with Crippen LogP contribution in [0.4, 0.5) is 0 Å². The molecule has 0 aliphatic heterocycles. The number of esters is 2. The summed E-state index contributed by atoms with van der Waals surface area (Å²) in [4.78, 5) is 35.7. The molecule has 0 aromatic carbocycles. The third-order valence-electron chi connectivity index (χ3n) is 11.8. The third kappa shape index (κ3) is 56.0. The number of rotatable bonds is 51. The Balaban J connectivity index is 4.20. The largest absolute Gasteiger partial charge is 0.472 e. The lowest BCUT2D eigenvalue weighted by atomic mass is 10.1. The van der Waals surface area contributed by atoms with Crippen LogP contribution in [-0.2, 0) is 32.7 Å². The first kappa shape index (κ1) is 68.7. The van der Waals surface area contributed by atoms with Gasteiger partial charge in [-0.25, -0.2) is 4.57 Å². The number of quaternary nitrogens is 1. The summed E-state index contributed by atoms with van der Waals surface area (Å²) >= 11 is 0. The monoisotopic (exact) mass is 1020 g/mol. The number of hydrogen-bond acceptors (Lipinski definition) is 7. The Labute approximate surface area is 442 Å². The van der Waals surface area contributed by atoms with Crippen LogP contribution >= 0.6 is 7.82 Å². The summed E-state index contributed by atoms with van der Waals surface area (Å²) in [7, 11) is 1.45. The first-order valence-electron chi connectivity index (χ1n) is 28.6. The highest BCUT2D eigenvalue weighted by Crippen LogP contribution is 2.43. The molecule has 0 saturated heterocycles. The molecule has 412 valence electrons. The molecule has 0 fully saturated rings. The number of likely N-dealkylation sites (N-methyl/N-ethyl adjacent to an activating group) is 1. The van der Waals surface area contributed by atoms with E-state index in [1.807, 2.05) is 21.1 Å². The van der Waals surface area contributed by atoms with Crippen molar-refractivity contribution in [1.29, 1.82) is 0 Å². The highest BCUT2D eigenvalue weighted by molar-refractivity contribution is 7.47. The predicted octanol–water partition coefficient (Wildman–Crippen LogP) is 17.8. The van der Waals surface area contributed by atoms with Gasteiger partial charge in [0.2, 0.25) is 0 Å². The smallest absolute Gasteiger partial charge is 0.462 e. The molecule has 0 bridgehead atoms. The molecule has 0 saturated carbocycles. The van der Waals surface area contributed by atoms with Crippen molar-refractivity contribution >= 4 is 19.8 Å². The van der Waals surface area contributed by atoms with Crippen LogP contribution in [0.15, 0.2) is 109 Å². The number of hydrogen-bond donors (Lipinski definition) is 1. The Bertz CT molecular complexity index is 1580. The maximum atomic E-state index is 12.8. The summed E-state index contributed by atoms with van der Waals surface area (Å²) in [5.74, 6) is -0.819. The molecule has 72 heavy (non-hydrogen) atoms. The molecule has 2 atom stereocenters. The molecule has 2 unspecified atom stereocenters. The molecule has 0 spiro atoms. The molecule has 0 aromatic rings. The number of carbonyl (C=O) groups excluding carboxylic acids is 2. The summed E-state index contributed by atoms with van der Waals surface area (Å²) in [5, 5.41) is 0. The van der Waals surface area contributed by atoms with Gasteiger partial charge in [-0.05, 0) is 103 Å². The van der Waals surface area contributed by atoms with Crippen molar-refractivity contribution in [3.63, 3.8) is 0 Å². The van der Waals surface area contributed by atoms with Gasteiger partial charge in [0.15, 0.2) is 6.10 Å². The van der Waals surface area contributed by atoms with Crippen molar-refractivity contribution in [3.05, 3.63) is 109 Å². The van der Waals surface area contributed by atoms with Crippen molar-refractivity contribution in [1.82, 2.24) is 0 Å². The topological polar surface area (TPSA) is 108 Å². The molecule has 0 heterocycles. The lowest BCUT2D eigenvalue weighted by molar-refractivity contribution is -0.870. The van der Waals surface area contributed by atoms with Gasteiger partial charge in [-0.3, -0.25) is 18.6 Å². The van der Waals surface area contributed by atoms with Crippen LogP contribution in [0.1, 0.15) is 219 Å². The van der Waals surface area contributed by atoms with Gasteiger partial charge in [0.1, 0.15) is 19.8 Å². The van der Waals surface area contributed by atoms with E-state index < -0.39 is 26.5 Å². The van der Waals surface area contributed by atoms with E-state index in [0.29, 0.717) is 17.4 Å². The second kappa shape index (κ2) is 52.5. The molecule has 0 aromatic heterocycles. The van der Waals surface area contributed by atoms with E-state index in [1.165, 1.54) is 77.0 Å². The maximum absolute atomic E-state index is 12.8. The van der Waals surface area contributed by atoms with Crippen molar-refractivity contribution in [2.45, 2.75) is 225 Å². The molecular weight excluding hydrogens is 918 g/mol. The average molecular weight is 1030 g/mol. The van der Waals surface area contributed by atoms with Crippen LogP contribution in [0.2, 0.25) is 0 Å². The zero-order chi connectivity index (χ0) is 52.7. The first-order chi connectivity index (χ1) is 35.0. The zero-order valence-corrected chi connectivity index (χ0v) is 47.5. The van der Waals surface area contributed by atoms with Crippen LogP contribution in [0.25, 0.3) is 0 Å². The Hall–Kier alpha value is -3.33. The Morgan fingerprint density at radius 3 is 1.18 bits per heavy atom. The van der Waals surface area contributed by atoms with Gasteiger partial charge in [-0.1, -0.05) is 213 Å². The van der Waals surface area contributed by atoms with E-state index in [9.17, 15) is 19.0 Å². The average Bonchev–Trinajstić information content (AvgIpc) is 3.34. The fraction of sp³-hybridized carbons (Fsp3) is 0.677. The van der Waals surface area contributed by atoms with Crippen molar-refractivity contribution in [2.75, 3.05) is 47.5 Å². The van der Waals surface area contributed by atoms with Gasteiger partial charge < -0.3 is 18.9 Å². The van der Waals surface area contributed by atoms with Crippen molar-refractivity contribution in [2.24, 2.45) is 0 Å². The van der Waals surface area contributed by atoms with Gasteiger partial charge in [0, 0.05) is 12.8 Å². The quantitative estimate of drug-likeness (QED) is 0.0211. The van der Waals surface area contributed by atoms with Crippen LogP contribution in [0.5, 0.6) is 0 Å². The summed E-state index contributed by atoms with van der Waals surface area (Å²) in [6, 6.07) is 0. The zero-order valence-electron chi connectivity index (χ0n) is 46.6. The van der Waals surface area contributed by atoms with Crippen LogP contribution < -0.4 is 0 Å². The molecule has 0 aliphatic rings. The van der Waals surface area contributed by atoms with Crippen LogP contribution in [0.3, 0.4) is 0 Å². The number of allylic oxidation sites excluding steroid dienone is 18. The second-order valence-corrected chi connectivity index (χ2v) is 21.4. The van der Waals surface area contributed by atoms with Gasteiger partial charge in [0.05, 0.1) is 27.7 Å². The number of phosphoric acid groups is 1. The normalized spacial score (nSPS) is 14.1. The third-order valence-corrected chi connectivity index (χ3v) is 12.8. The molecule has 0 aliphatic carbocycles. The summed E-state index contributed by atoms with van der Waals surface area (Å²) in [6.07, 6.45) is 72.9. The lowest BCUT2D eigenvalue weighted by Crippen LogP contribution is -2.37. The molecular formula is C62H107NO8P+. The predicted molar refractivity (Wildman–Crippen MR) is 307 cm³/mol. The van der Waals surface area contributed by atoms with E-state index in [2.05, 4.69) is 123 Å². The van der Waals surface area contributed by atoms with Gasteiger partial charge >= 0.3 is 19.8 Å². The van der Waals surface area contributed by atoms with Crippen molar-refractivity contribution in [3.8, 4) is 0 Å². The number of nitrogens with zero attached hydrogens (tertiary/aromatic N) is 1. The molecule has 1 N–H and O–H groups in total. The summed E-state index contributed by atoms with van der Waals surface area (Å²) < 4.78 is 34.5. The lowest BCUT2D eigenvalue weighted by Gasteiger charge is -2.24. The maximum Gasteiger partial charge on any atom is 0.472 e. The molecule has 0 rings (SSSR count). The van der Waals surface area contributed by atoms with E-state index in [1.54, 1.807) is 0 Å². The fourth-order valence-electron chi connectivity index (χ4n) is 7.38. The minimum Gasteiger partial charge on any atom is -0.462 e. The highest BCUT2D eigenvalue weighted by atomic mass is 31.2. The first-order valence-corrected chi connectivity index (χ1v) is 30.1. The van der Waals surface area contributed by atoms with Crippen LogP contribution in [-0.4, -0.2) is 74.9 Å². The van der Waals surface area contributed by atoms with E-state index in [-0.39, 0.29) is 32.0 Å². The Morgan fingerprint density at radius 2 is 0.792 bits per heavy atom. The number of unbranched alkanes of at least 4 members (excludes halogenated alkanes) is 19. The van der Waals surface area contributed by atoms with E-state index >= 15 is 0 Å². The van der Waals surface area contributed by atoms with E-state index in [0.717, 1.165) is 109 Å². The van der Waals surface area contributed by atoms with Gasteiger partial charge in [0.25, 0.3) is 0 Å². The molecule has 0 amide bonds. The Kier molecular flexibility index (Phi) is 50.1. The molecule has 9 nitrogen and oxygen atoms in total. The number of carbonyl (C=O) groups is 2. The van der Waals surface area contributed by atoms with E-state index in [4.69, 9.17) is 18.5 Å². The standard InChI is InChI=1S/C62H106NO8P/c1-6-8-10-12-14-16-18-20-22-24-25-26-27-28-29-30-31-32-33-34-35-36-37-39-41-43-45-47-49-51-53-55-62(65)71-60(59-70-72(66,67)69-57-56-63(3,4)5)58-68-61(64)54-52-50-48-46-44-42-40-38-23-21-19-17-15-13-11-9-7-2/h8,10,14-17,20-23,25-26,28-29,31-32,34-35,60H,6-7,9,11-13,18-19,24,27,30,33,36-59H2,1-5H3/p+1/b10-8-,16-14-,17-15-,22-20-,23-21-,26-25-,29-28-,32-31-,35-34-. The number of ether oxygens (including phenoxy) is 2. The summed E-state index contributed by atoms with van der Waals surface area (Å²) in [6.45, 7) is 4.27. The number of phosphoric ester groups is 1. The van der Waals surface area contributed by atoms with Gasteiger partial charge in [-0.2, -0.15) is 0 Å². The van der Waals surface area contributed by atoms with Crippen molar-refractivity contribution < 1.29 is 42.1 Å². The summed E-state index contributed by atoms with van der Waals surface area (Å²) in [5.41, 5.74) is 0. The minimum atomic E-state index is -4.39.